The van der Waals surface area contributed by atoms with Crippen molar-refractivity contribution in [3.63, 3.8) is 0 Å². The zero-order valence-corrected chi connectivity index (χ0v) is 43.0. The molecule has 70 heavy (non-hydrogen) atoms. The van der Waals surface area contributed by atoms with Crippen LogP contribution >= 0.6 is 0 Å². The van der Waals surface area contributed by atoms with Crippen molar-refractivity contribution in [2.45, 2.75) is 242 Å². The fraction of sp³-hybridized carbons (Fsp3) is 0.768. The molecule has 0 aromatic heterocycles. The largest absolute Gasteiger partial charge is 0.457 e. The molecule has 2 rings (SSSR count). The molecule has 0 saturated carbocycles. The zero-order chi connectivity index (χ0) is 50.9. The van der Waals surface area contributed by atoms with Gasteiger partial charge in [-0.3, -0.25) is 4.79 Å². The minimum absolute atomic E-state index is 0.0403. The van der Waals surface area contributed by atoms with E-state index in [-0.39, 0.29) is 19.6 Å². The van der Waals surface area contributed by atoms with Gasteiger partial charge in [-0.2, -0.15) is 0 Å². The second-order valence-electron chi connectivity index (χ2n) is 18.7. The standard InChI is InChI=1S/C56H96O14/c1-3-5-7-9-11-13-15-17-19-21-22-23-25-27-29-31-33-35-37-39-48(58)68-45(42-65-40-38-36-34-32-30-28-26-24-20-18-16-14-12-10-8-6-4-2)43-66-55-54(64)52(62)50(60)47(70-55)44-67-56-53(63)51(61)49(59)46(41-57)69-56/h5,7,11,13,17,19-20,22-24,27,29,45-47,49-57,59-64H,3-4,6,8-10,12,14-16,18,21,25-26,28,30-44H2,1-2H3/b7-5-,13-11-,19-17-,23-22-,24-20-,29-27-. The summed E-state index contributed by atoms with van der Waals surface area (Å²) in [5, 5.41) is 72.2. The van der Waals surface area contributed by atoms with E-state index in [2.05, 4.69) is 86.8 Å². The molecule has 2 aliphatic heterocycles. The molecule has 11 unspecified atom stereocenters. The van der Waals surface area contributed by atoms with Gasteiger partial charge in [-0.25, -0.2) is 0 Å². The Morgan fingerprint density at radius 1 is 0.486 bits per heavy atom. The van der Waals surface area contributed by atoms with Crippen molar-refractivity contribution in [1.29, 1.82) is 0 Å². The second kappa shape index (κ2) is 42.9. The van der Waals surface area contributed by atoms with Crippen LogP contribution in [0.1, 0.15) is 174 Å². The van der Waals surface area contributed by atoms with Crippen molar-refractivity contribution in [2.75, 3.05) is 33.0 Å². The monoisotopic (exact) mass is 993 g/mol. The first-order chi connectivity index (χ1) is 34.1. The lowest BCUT2D eigenvalue weighted by Crippen LogP contribution is -2.61. The van der Waals surface area contributed by atoms with Crippen molar-refractivity contribution in [3.05, 3.63) is 72.9 Å². The summed E-state index contributed by atoms with van der Waals surface area (Å²) in [6.07, 6.45) is 36.7. The SMILES string of the molecule is CC/C=C\C/C=C\C/C=C\C/C=C\C/C=C\CCCCCC(=O)OC(COCCCCCCCC/C=C\CCCCCCCCC)COC1OC(COC2OC(CO)C(O)C(O)C2O)C(O)C(O)C1O. The van der Waals surface area contributed by atoms with Gasteiger partial charge in [-0.05, 0) is 83.5 Å². The van der Waals surface area contributed by atoms with Gasteiger partial charge >= 0.3 is 5.97 Å². The average Bonchev–Trinajstić information content (AvgIpc) is 3.36. The maximum Gasteiger partial charge on any atom is 0.306 e. The number of unbranched alkanes of at least 4 members (excludes halogenated alkanes) is 16. The summed E-state index contributed by atoms with van der Waals surface area (Å²) >= 11 is 0. The molecule has 0 aromatic rings. The van der Waals surface area contributed by atoms with Crippen LogP contribution in [0.2, 0.25) is 0 Å². The molecule has 2 heterocycles. The predicted molar refractivity (Wildman–Crippen MR) is 275 cm³/mol. The highest BCUT2D eigenvalue weighted by molar-refractivity contribution is 5.69. The molecule has 14 nitrogen and oxygen atoms in total. The van der Waals surface area contributed by atoms with Gasteiger partial charge in [0.25, 0.3) is 0 Å². The third-order valence-electron chi connectivity index (χ3n) is 12.4. The van der Waals surface area contributed by atoms with Crippen LogP contribution in [-0.2, 0) is 33.2 Å². The Balaban J connectivity index is 1.78. The van der Waals surface area contributed by atoms with E-state index in [1.807, 2.05) is 0 Å². The summed E-state index contributed by atoms with van der Waals surface area (Å²) < 4.78 is 34.3. The van der Waals surface area contributed by atoms with E-state index in [0.717, 1.165) is 77.0 Å². The van der Waals surface area contributed by atoms with Crippen LogP contribution in [0, 0.1) is 0 Å². The number of rotatable bonds is 42. The number of aliphatic hydroxyl groups excluding tert-OH is 7. The molecular weight excluding hydrogens is 897 g/mol. The summed E-state index contributed by atoms with van der Waals surface area (Å²) in [5.74, 6) is -0.411. The Hall–Kier alpha value is -2.57. The minimum Gasteiger partial charge on any atom is -0.457 e. The molecule has 0 amide bonds. The van der Waals surface area contributed by atoms with E-state index in [1.54, 1.807) is 0 Å². The third kappa shape index (κ3) is 29.8. The predicted octanol–water partition coefficient (Wildman–Crippen LogP) is 8.68. The lowest BCUT2D eigenvalue weighted by atomic mass is 9.98. The first-order valence-corrected chi connectivity index (χ1v) is 27.0. The molecule has 2 saturated heterocycles. The van der Waals surface area contributed by atoms with Crippen LogP contribution in [0.3, 0.4) is 0 Å². The number of esters is 1. The topological polar surface area (TPSA) is 214 Å². The van der Waals surface area contributed by atoms with Crippen LogP contribution < -0.4 is 0 Å². The highest BCUT2D eigenvalue weighted by Crippen LogP contribution is 2.26. The average molecular weight is 993 g/mol. The van der Waals surface area contributed by atoms with Crippen LogP contribution in [0.4, 0.5) is 0 Å². The van der Waals surface area contributed by atoms with Crippen molar-refractivity contribution < 1.29 is 69.0 Å². The summed E-state index contributed by atoms with van der Waals surface area (Å²) in [5.41, 5.74) is 0. The number of hydrogen-bond acceptors (Lipinski definition) is 14. The first-order valence-electron chi connectivity index (χ1n) is 27.0. The maximum atomic E-state index is 13.0. The van der Waals surface area contributed by atoms with E-state index >= 15 is 0 Å². The molecule has 2 fully saturated rings. The molecule has 0 aliphatic carbocycles. The zero-order valence-electron chi connectivity index (χ0n) is 43.0. The Labute approximate surface area is 421 Å². The minimum atomic E-state index is -1.72. The van der Waals surface area contributed by atoms with E-state index in [9.17, 15) is 40.5 Å². The molecule has 7 N–H and O–H groups in total. The molecule has 0 spiro atoms. The Morgan fingerprint density at radius 3 is 1.47 bits per heavy atom. The smallest absolute Gasteiger partial charge is 0.306 e. The van der Waals surface area contributed by atoms with E-state index in [4.69, 9.17) is 28.4 Å². The second-order valence-corrected chi connectivity index (χ2v) is 18.7. The molecule has 14 heteroatoms. The number of carbonyl (C=O) groups is 1. The summed E-state index contributed by atoms with van der Waals surface area (Å²) in [7, 11) is 0. The fourth-order valence-corrected chi connectivity index (χ4v) is 8.07. The van der Waals surface area contributed by atoms with E-state index in [1.165, 1.54) is 70.6 Å². The number of ether oxygens (including phenoxy) is 6. The van der Waals surface area contributed by atoms with Crippen molar-refractivity contribution in [2.24, 2.45) is 0 Å². The number of carbonyl (C=O) groups excluding carboxylic acids is 1. The van der Waals surface area contributed by atoms with Gasteiger partial charge < -0.3 is 64.2 Å². The van der Waals surface area contributed by atoms with Gasteiger partial charge in [-0.1, -0.05) is 157 Å². The molecule has 0 radical (unpaired) electrons. The van der Waals surface area contributed by atoms with Crippen LogP contribution in [-0.4, -0.2) is 142 Å². The van der Waals surface area contributed by atoms with Gasteiger partial charge in [0.1, 0.15) is 54.9 Å². The third-order valence-corrected chi connectivity index (χ3v) is 12.4. The normalized spacial score (nSPS) is 26.1. The van der Waals surface area contributed by atoms with E-state index in [0.29, 0.717) is 13.0 Å². The maximum absolute atomic E-state index is 13.0. The van der Waals surface area contributed by atoms with Crippen molar-refractivity contribution in [1.82, 2.24) is 0 Å². The lowest BCUT2D eigenvalue weighted by molar-refractivity contribution is -0.332. The van der Waals surface area contributed by atoms with Crippen molar-refractivity contribution >= 4 is 5.97 Å². The van der Waals surface area contributed by atoms with Crippen LogP contribution in [0.15, 0.2) is 72.9 Å². The lowest BCUT2D eigenvalue weighted by Gasteiger charge is -2.42. The summed E-state index contributed by atoms with van der Waals surface area (Å²) in [4.78, 5) is 13.0. The van der Waals surface area contributed by atoms with Crippen molar-refractivity contribution in [3.8, 4) is 0 Å². The Morgan fingerprint density at radius 2 is 0.929 bits per heavy atom. The van der Waals surface area contributed by atoms with Gasteiger partial charge in [0.15, 0.2) is 12.6 Å². The Kier molecular flexibility index (Phi) is 38.9. The van der Waals surface area contributed by atoms with Crippen LogP contribution in [0.25, 0.3) is 0 Å². The molecule has 2 aliphatic rings. The molecular formula is C56H96O14. The highest BCUT2D eigenvalue weighted by Gasteiger charge is 2.47. The summed E-state index contributed by atoms with van der Waals surface area (Å²) in [6, 6.07) is 0. The molecule has 404 valence electrons. The summed E-state index contributed by atoms with van der Waals surface area (Å²) in [6.45, 7) is 3.50. The first kappa shape index (κ1) is 63.5. The number of aliphatic hydroxyl groups is 7. The number of allylic oxidation sites excluding steroid dienone is 12. The van der Waals surface area contributed by atoms with Gasteiger partial charge in [0.2, 0.25) is 0 Å². The Bertz CT molecular complexity index is 1430. The van der Waals surface area contributed by atoms with Gasteiger partial charge in [-0.15, -0.1) is 0 Å². The number of hydrogen-bond donors (Lipinski definition) is 7. The highest BCUT2D eigenvalue weighted by atomic mass is 16.7. The van der Waals surface area contributed by atoms with Gasteiger partial charge in [0, 0.05) is 13.0 Å². The van der Waals surface area contributed by atoms with Crippen LogP contribution in [0.5, 0.6) is 0 Å². The molecule has 0 bridgehead atoms. The molecule has 0 aromatic carbocycles. The molecule has 11 atom stereocenters. The fourth-order valence-electron chi connectivity index (χ4n) is 8.07. The van der Waals surface area contributed by atoms with Gasteiger partial charge in [0.05, 0.1) is 26.4 Å². The quantitative estimate of drug-likeness (QED) is 0.0173. The van der Waals surface area contributed by atoms with E-state index < -0.39 is 86.7 Å².